The first-order valence-electron chi connectivity index (χ1n) is 9.15. The Morgan fingerprint density at radius 3 is 2.61 bits per heavy atom. The summed E-state index contributed by atoms with van der Waals surface area (Å²) in [5.74, 6) is 0.212. The number of carbonyl (C=O) groups excluding carboxylic acids is 2. The molecule has 0 bridgehead atoms. The molecular weight excluding hydrogens is 372 g/mol. The number of fused-ring (bicyclic) bond motifs is 1. The van der Waals surface area contributed by atoms with Crippen molar-refractivity contribution < 1.29 is 14.3 Å². The van der Waals surface area contributed by atoms with E-state index in [9.17, 15) is 9.59 Å². The van der Waals surface area contributed by atoms with Crippen molar-refractivity contribution in [2.24, 2.45) is 0 Å². The fourth-order valence-electron chi connectivity index (χ4n) is 3.19. The van der Waals surface area contributed by atoms with Gasteiger partial charge in [0.2, 0.25) is 0 Å². The standard InChI is InChI=1S/C22H20N2O3S/c25-21(23-13-12-16-7-2-1-3-8-16)19-15-24(22(26)20-11-6-14-28-20)17-9-4-5-10-18(17)27-19/h1-11,14,19H,12-13,15H2,(H,23,25). The number of benzene rings is 2. The maximum Gasteiger partial charge on any atom is 0.268 e. The van der Waals surface area contributed by atoms with Gasteiger partial charge >= 0.3 is 0 Å². The molecule has 1 aliphatic rings. The van der Waals surface area contributed by atoms with Crippen molar-refractivity contribution in [2.45, 2.75) is 12.5 Å². The third-order valence-electron chi connectivity index (χ3n) is 4.60. The molecule has 1 N–H and O–H groups in total. The molecule has 4 rings (SSSR count). The molecule has 142 valence electrons. The summed E-state index contributed by atoms with van der Waals surface area (Å²) in [4.78, 5) is 27.9. The zero-order chi connectivity index (χ0) is 19.3. The van der Waals surface area contributed by atoms with Gasteiger partial charge in [-0.25, -0.2) is 0 Å². The van der Waals surface area contributed by atoms with Crippen LogP contribution in [-0.2, 0) is 11.2 Å². The van der Waals surface area contributed by atoms with E-state index < -0.39 is 6.10 Å². The summed E-state index contributed by atoms with van der Waals surface area (Å²) in [6.07, 6.45) is 0.00265. The third kappa shape index (κ3) is 3.92. The van der Waals surface area contributed by atoms with Crippen molar-refractivity contribution in [1.29, 1.82) is 0 Å². The molecule has 6 heteroatoms. The highest BCUT2D eigenvalue weighted by molar-refractivity contribution is 7.12. The Hall–Kier alpha value is -3.12. The fraction of sp³-hybridized carbons (Fsp3) is 0.182. The number of amides is 2. The second-order valence-corrected chi connectivity index (χ2v) is 7.44. The number of carbonyl (C=O) groups is 2. The van der Waals surface area contributed by atoms with Crippen LogP contribution in [0.15, 0.2) is 72.1 Å². The number of hydrogen-bond acceptors (Lipinski definition) is 4. The lowest BCUT2D eigenvalue weighted by molar-refractivity contribution is -0.127. The zero-order valence-electron chi connectivity index (χ0n) is 15.2. The first kappa shape index (κ1) is 18.3. The summed E-state index contributed by atoms with van der Waals surface area (Å²) >= 11 is 1.39. The summed E-state index contributed by atoms with van der Waals surface area (Å²) in [5, 5.41) is 4.80. The Balaban J connectivity index is 1.46. The molecule has 3 aromatic rings. The molecule has 5 nitrogen and oxygen atoms in total. The molecule has 2 heterocycles. The van der Waals surface area contributed by atoms with Crippen LogP contribution < -0.4 is 15.0 Å². The van der Waals surface area contributed by atoms with Crippen LogP contribution in [0.1, 0.15) is 15.2 Å². The average molecular weight is 392 g/mol. The lowest BCUT2D eigenvalue weighted by atomic mass is 10.1. The molecule has 1 aromatic heterocycles. The summed E-state index contributed by atoms with van der Waals surface area (Å²) < 4.78 is 5.89. The van der Waals surface area contributed by atoms with Crippen molar-refractivity contribution in [2.75, 3.05) is 18.0 Å². The molecule has 0 saturated carbocycles. The number of para-hydroxylation sites is 2. The molecule has 1 atom stereocenters. The molecule has 1 aliphatic heterocycles. The number of nitrogens with one attached hydrogen (secondary N) is 1. The normalized spacial score (nSPS) is 15.4. The van der Waals surface area contributed by atoms with Crippen LogP contribution in [0.4, 0.5) is 5.69 Å². The summed E-state index contributed by atoms with van der Waals surface area (Å²) in [7, 11) is 0. The van der Waals surface area contributed by atoms with E-state index >= 15 is 0 Å². The lowest BCUT2D eigenvalue weighted by Gasteiger charge is -2.34. The Kier molecular flexibility index (Phi) is 5.39. The largest absolute Gasteiger partial charge is 0.477 e. The van der Waals surface area contributed by atoms with Gasteiger partial charge in [0.25, 0.3) is 11.8 Å². The molecular formula is C22H20N2O3S. The second kappa shape index (κ2) is 8.27. The van der Waals surface area contributed by atoms with Gasteiger partial charge in [-0.15, -0.1) is 11.3 Å². The van der Waals surface area contributed by atoms with Gasteiger partial charge < -0.3 is 10.1 Å². The van der Waals surface area contributed by atoms with E-state index in [0.29, 0.717) is 22.9 Å². The number of ether oxygens (including phenoxy) is 1. The summed E-state index contributed by atoms with van der Waals surface area (Å²) in [5.41, 5.74) is 1.85. The molecule has 0 radical (unpaired) electrons. The van der Waals surface area contributed by atoms with Crippen LogP contribution >= 0.6 is 11.3 Å². The minimum atomic E-state index is -0.741. The highest BCUT2D eigenvalue weighted by Crippen LogP contribution is 2.34. The van der Waals surface area contributed by atoms with Gasteiger partial charge in [-0.2, -0.15) is 0 Å². The van der Waals surface area contributed by atoms with Crippen molar-refractivity contribution in [3.05, 3.63) is 82.6 Å². The highest BCUT2D eigenvalue weighted by atomic mass is 32.1. The lowest BCUT2D eigenvalue weighted by Crippen LogP contribution is -2.51. The molecule has 28 heavy (non-hydrogen) atoms. The van der Waals surface area contributed by atoms with Crippen molar-refractivity contribution in [3.63, 3.8) is 0 Å². The summed E-state index contributed by atoms with van der Waals surface area (Å²) in [6, 6.07) is 20.9. The van der Waals surface area contributed by atoms with Crippen LogP contribution in [-0.4, -0.2) is 31.0 Å². The first-order valence-corrected chi connectivity index (χ1v) is 10.0. The van der Waals surface area contributed by atoms with Crippen molar-refractivity contribution in [1.82, 2.24) is 5.32 Å². The quantitative estimate of drug-likeness (QED) is 0.723. The SMILES string of the molecule is O=C(NCCc1ccccc1)C1CN(C(=O)c2cccs2)c2ccccc2O1. The third-order valence-corrected chi connectivity index (χ3v) is 5.46. The minimum absolute atomic E-state index is 0.118. The monoisotopic (exact) mass is 392 g/mol. The molecule has 0 spiro atoms. The van der Waals surface area contributed by atoms with Gasteiger partial charge in [0.15, 0.2) is 6.10 Å². The van der Waals surface area contributed by atoms with Gasteiger partial charge in [-0.1, -0.05) is 48.5 Å². The number of rotatable bonds is 5. The maximum absolute atomic E-state index is 12.9. The van der Waals surface area contributed by atoms with Gasteiger partial charge in [-0.05, 0) is 35.6 Å². The van der Waals surface area contributed by atoms with Crippen LogP contribution in [0.2, 0.25) is 0 Å². The van der Waals surface area contributed by atoms with Gasteiger partial charge in [-0.3, -0.25) is 14.5 Å². The molecule has 0 saturated heterocycles. The van der Waals surface area contributed by atoms with E-state index in [2.05, 4.69) is 5.32 Å². The predicted octanol–water partition coefficient (Wildman–Crippen LogP) is 3.51. The van der Waals surface area contributed by atoms with E-state index in [1.165, 1.54) is 11.3 Å². The first-order chi connectivity index (χ1) is 13.7. The van der Waals surface area contributed by atoms with Crippen LogP contribution in [0.5, 0.6) is 5.75 Å². The van der Waals surface area contributed by atoms with Gasteiger partial charge in [0, 0.05) is 6.54 Å². The topological polar surface area (TPSA) is 58.6 Å². The average Bonchev–Trinajstić information content (AvgIpc) is 3.28. The molecule has 2 amide bonds. The highest BCUT2D eigenvalue weighted by Gasteiger charge is 2.34. The number of thiophene rings is 1. The van der Waals surface area contributed by atoms with Crippen LogP contribution in [0, 0.1) is 0 Å². The number of nitrogens with zero attached hydrogens (tertiary/aromatic N) is 1. The van der Waals surface area contributed by atoms with E-state index in [1.54, 1.807) is 17.0 Å². The van der Waals surface area contributed by atoms with Crippen LogP contribution in [0.3, 0.4) is 0 Å². The summed E-state index contributed by atoms with van der Waals surface area (Å²) in [6.45, 7) is 0.703. The van der Waals surface area contributed by atoms with E-state index in [1.807, 2.05) is 60.0 Å². The molecule has 0 fully saturated rings. The Bertz CT molecular complexity index is 957. The number of hydrogen-bond donors (Lipinski definition) is 1. The van der Waals surface area contributed by atoms with E-state index in [4.69, 9.17) is 4.74 Å². The molecule has 1 unspecified atom stereocenters. The van der Waals surface area contributed by atoms with Gasteiger partial charge in [0.1, 0.15) is 5.75 Å². The smallest absolute Gasteiger partial charge is 0.268 e. The van der Waals surface area contributed by atoms with E-state index in [-0.39, 0.29) is 18.4 Å². The Labute approximate surface area is 167 Å². The van der Waals surface area contributed by atoms with Crippen LogP contribution in [0.25, 0.3) is 0 Å². The van der Waals surface area contributed by atoms with Gasteiger partial charge in [0.05, 0.1) is 17.1 Å². The second-order valence-electron chi connectivity index (χ2n) is 6.49. The van der Waals surface area contributed by atoms with Crippen molar-refractivity contribution >= 4 is 28.8 Å². The van der Waals surface area contributed by atoms with E-state index in [0.717, 1.165) is 12.0 Å². The molecule has 0 aliphatic carbocycles. The Morgan fingerprint density at radius 2 is 1.82 bits per heavy atom. The Morgan fingerprint density at radius 1 is 1.04 bits per heavy atom. The fourth-order valence-corrected chi connectivity index (χ4v) is 3.86. The maximum atomic E-state index is 12.9. The number of anilines is 1. The van der Waals surface area contributed by atoms with Crippen molar-refractivity contribution in [3.8, 4) is 5.75 Å². The minimum Gasteiger partial charge on any atom is -0.477 e. The zero-order valence-corrected chi connectivity index (χ0v) is 16.0. The predicted molar refractivity (Wildman–Crippen MR) is 110 cm³/mol. The molecule has 2 aromatic carbocycles.